The normalized spacial score (nSPS) is 15.1. The first-order valence-electron chi connectivity index (χ1n) is 6.82. The van der Waals surface area contributed by atoms with E-state index in [-0.39, 0.29) is 33.9 Å². The molecule has 0 spiro atoms. The van der Waals surface area contributed by atoms with Crippen molar-refractivity contribution in [1.82, 2.24) is 14.3 Å². The molecule has 2 aromatic rings. The van der Waals surface area contributed by atoms with Gasteiger partial charge in [-0.3, -0.25) is 4.79 Å². The Morgan fingerprint density at radius 3 is 2.58 bits per heavy atom. The summed E-state index contributed by atoms with van der Waals surface area (Å²) in [6.07, 6.45) is 3.04. The minimum Gasteiger partial charge on any atom is -0.363 e. The zero-order chi connectivity index (χ0) is 17.5. The lowest BCUT2D eigenvalue weighted by Gasteiger charge is -2.27. The highest BCUT2D eigenvalue weighted by molar-refractivity contribution is 7.89. The van der Waals surface area contributed by atoms with E-state index < -0.39 is 15.9 Å². The number of aromatic nitrogens is 2. The number of hydrogen-bond acceptors (Lipinski definition) is 5. The van der Waals surface area contributed by atoms with E-state index in [0.29, 0.717) is 17.7 Å². The van der Waals surface area contributed by atoms with Crippen molar-refractivity contribution in [1.29, 1.82) is 0 Å². The smallest absolute Gasteiger partial charge is 0.286 e. The van der Waals surface area contributed by atoms with Crippen LogP contribution in [-0.2, 0) is 23.0 Å². The van der Waals surface area contributed by atoms with Gasteiger partial charge in [0.15, 0.2) is 0 Å². The van der Waals surface area contributed by atoms with E-state index in [1.165, 1.54) is 16.4 Å². The Bertz CT molecular complexity index is 913. The van der Waals surface area contributed by atoms with Crippen LogP contribution in [0, 0.1) is 6.20 Å². The number of benzene rings is 1. The van der Waals surface area contributed by atoms with Crippen LogP contribution in [0.2, 0.25) is 10.0 Å². The molecule has 0 saturated carbocycles. The summed E-state index contributed by atoms with van der Waals surface area (Å²) in [6, 6.07) is 4.48. The first-order valence-corrected chi connectivity index (χ1v) is 9.01. The molecule has 0 aliphatic carbocycles. The summed E-state index contributed by atoms with van der Waals surface area (Å²) in [6.45, 7) is 0.158. The number of fused-ring (bicyclic) bond motifs is 1. The molecule has 0 bridgehead atoms. The molecule has 0 saturated heterocycles. The van der Waals surface area contributed by atoms with Crippen LogP contribution in [0.3, 0.4) is 0 Å². The Hall–Kier alpha value is -1.74. The highest BCUT2D eigenvalue weighted by Crippen LogP contribution is 2.33. The molecule has 1 aromatic carbocycles. The summed E-state index contributed by atoms with van der Waals surface area (Å²) < 4.78 is 26.9. The Kier molecular flexibility index (Phi) is 4.48. The minimum atomic E-state index is -3.92. The Morgan fingerprint density at radius 2 is 1.96 bits per heavy atom. The molecule has 1 aliphatic heterocycles. The highest BCUT2D eigenvalue weighted by Gasteiger charge is 2.32. The molecule has 1 aromatic heterocycles. The van der Waals surface area contributed by atoms with Gasteiger partial charge in [-0.25, -0.2) is 18.4 Å². The summed E-state index contributed by atoms with van der Waals surface area (Å²) in [4.78, 5) is 18.8. The second kappa shape index (κ2) is 6.29. The van der Waals surface area contributed by atoms with Gasteiger partial charge in [-0.2, -0.15) is 4.31 Å². The molecule has 2 heterocycles. The predicted octanol–water partition coefficient (Wildman–Crippen LogP) is 1.43. The molecule has 1 radical (unpaired) electrons. The number of halogens is 2. The highest BCUT2D eigenvalue weighted by atomic mass is 35.5. The topological polar surface area (TPSA) is 106 Å². The first-order chi connectivity index (χ1) is 11.3. The fourth-order valence-corrected chi connectivity index (χ4v) is 4.89. The van der Waals surface area contributed by atoms with Gasteiger partial charge in [0, 0.05) is 12.1 Å². The van der Waals surface area contributed by atoms with Gasteiger partial charge in [-0.05, 0) is 18.6 Å². The van der Waals surface area contributed by atoms with Gasteiger partial charge in [0.25, 0.3) is 5.91 Å². The van der Waals surface area contributed by atoms with E-state index in [1.807, 2.05) is 0 Å². The lowest BCUT2D eigenvalue weighted by molar-refractivity contribution is 0.0989. The minimum absolute atomic E-state index is 0.0420. The van der Waals surface area contributed by atoms with Crippen LogP contribution in [0.15, 0.2) is 23.1 Å². The van der Waals surface area contributed by atoms with Gasteiger partial charge in [0.2, 0.25) is 15.8 Å². The molecule has 0 fully saturated rings. The Morgan fingerprint density at radius 1 is 1.29 bits per heavy atom. The third kappa shape index (κ3) is 2.98. The van der Waals surface area contributed by atoms with Gasteiger partial charge < -0.3 is 5.73 Å². The largest absolute Gasteiger partial charge is 0.363 e. The van der Waals surface area contributed by atoms with Gasteiger partial charge in [-0.15, -0.1) is 0 Å². The van der Waals surface area contributed by atoms with Crippen molar-refractivity contribution in [2.45, 2.75) is 17.9 Å². The summed E-state index contributed by atoms with van der Waals surface area (Å²) in [7, 11) is -3.92. The van der Waals surface area contributed by atoms with Crippen LogP contribution in [0.25, 0.3) is 0 Å². The number of carbonyl (C=O) groups excluding carboxylic acids is 1. The summed E-state index contributed by atoms with van der Waals surface area (Å²) in [5.74, 6) is -1.01. The molecule has 3 rings (SSSR count). The fourth-order valence-electron chi connectivity index (χ4n) is 2.39. The average Bonchev–Trinajstić information content (AvgIpc) is 2.53. The number of hydrogen-bond donors (Lipinski definition) is 1. The van der Waals surface area contributed by atoms with Crippen molar-refractivity contribution in [2.75, 3.05) is 6.54 Å². The number of sulfonamides is 1. The lowest BCUT2D eigenvalue weighted by Crippen LogP contribution is -2.37. The standard InChI is InChI=1S/C14H11Cl2N4O3S/c15-9-2-1-3-10(16)12(9)24(22,23)20-5-4-8-6-18-14(13(17)21)19-11(8)7-20/h1-3H,4-5,7H2,(H2,17,21). The quantitative estimate of drug-likeness (QED) is 0.859. The van der Waals surface area contributed by atoms with Gasteiger partial charge in [-0.1, -0.05) is 29.3 Å². The molecular weight excluding hydrogens is 375 g/mol. The molecule has 0 atom stereocenters. The average molecular weight is 386 g/mol. The third-order valence-electron chi connectivity index (χ3n) is 3.56. The Labute approximate surface area is 148 Å². The molecule has 0 unspecified atom stereocenters. The molecule has 7 nitrogen and oxygen atoms in total. The van der Waals surface area contributed by atoms with Crippen LogP contribution < -0.4 is 5.73 Å². The maximum atomic E-state index is 12.9. The number of amides is 1. The molecule has 10 heteroatoms. The summed E-state index contributed by atoms with van der Waals surface area (Å²) in [5, 5.41) is 0.0840. The van der Waals surface area contributed by atoms with Gasteiger partial charge in [0.1, 0.15) is 4.90 Å². The van der Waals surface area contributed by atoms with Crippen LogP contribution in [0.4, 0.5) is 0 Å². The SMILES string of the molecule is NC(=O)c1n[c]c2c(n1)CN(S(=O)(=O)c1c(Cl)cccc1Cl)CC2. The van der Waals surface area contributed by atoms with E-state index in [1.54, 1.807) is 6.07 Å². The maximum Gasteiger partial charge on any atom is 0.286 e. The van der Waals surface area contributed by atoms with Gasteiger partial charge in [0.05, 0.1) is 28.5 Å². The zero-order valence-electron chi connectivity index (χ0n) is 12.2. The van der Waals surface area contributed by atoms with E-state index >= 15 is 0 Å². The molecule has 1 aliphatic rings. The van der Waals surface area contributed by atoms with E-state index in [4.69, 9.17) is 28.9 Å². The van der Waals surface area contributed by atoms with Crippen molar-refractivity contribution >= 4 is 39.1 Å². The van der Waals surface area contributed by atoms with Crippen LogP contribution in [0.5, 0.6) is 0 Å². The number of nitrogens with zero attached hydrogens (tertiary/aromatic N) is 3. The van der Waals surface area contributed by atoms with E-state index in [2.05, 4.69) is 16.2 Å². The number of primary amides is 1. The summed E-state index contributed by atoms with van der Waals surface area (Å²) in [5.41, 5.74) is 6.18. The van der Waals surface area contributed by atoms with Crippen LogP contribution in [0.1, 0.15) is 21.9 Å². The fraction of sp³-hybridized carbons (Fsp3) is 0.214. The molecule has 125 valence electrons. The van der Waals surface area contributed by atoms with Crippen molar-refractivity contribution in [3.05, 3.63) is 51.5 Å². The number of rotatable bonds is 3. The molecular formula is C14H11Cl2N4O3S. The van der Waals surface area contributed by atoms with Crippen molar-refractivity contribution < 1.29 is 13.2 Å². The van der Waals surface area contributed by atoms with Crippen LogP contribution >= 0.6 is 23.2 Å². The van der Waals surface area contributed by atoms with E-state index in [9.17, 15) is 13.2 Å². The third-order valence-corrected chi connectivity index (χ3v) is 6.36. The number of carbonyl (C=O) groups is 1. The van der Waals surface area contributed by atoms with Crippen molar-refractivity contribution in [2.24, 2.45) is 5.73 Å². The van der Waals surface area contributed by atoms with Crippen molar-refractivity contribution in [3.8, 4) is 0 Å². The molecule has 24 heavy (non-hydrogen) atoms. The zero-order valence-corrected chi connectivity index (χ0v) is 14.5. The Balaban J connectivity index is 2.00. The van der Waals surface area contributed by atoms with Crippen LogP contribution in [-0.4, -0.2) is 35.1 Å². The maximum absolute atomic E-state index is 12.9. The monoisotopic (exact) mass is 385 g/mol. The lowest BCUT2D eigenvalue weighted by atomic mass is 10.1. The second-order valence-corrected chi connectivity index (χ2v) is 7.78. The summed E-state index contributed by atoms with van der Waals surface area (Å²) >= 11 is 12.0. The number of nitrogens with two attached hydrogens (primary N) is 1. The van der Waals surface area contributed by atoms with Crippen molar-refractivity contribution in [3.63, 3.8) is 0 Å². The first kappa shape index (κ1) is 17.1. The van der Waals surface area contributed by atoms with E-state index in [0.717, 1.165) is 0 Å². The van der Waals surface area contributed by atoms with Gasteiger partial charge >= 0.3 is 0 Å². The molecule has 1 amide bonds. The predicted molar refractivity (Wildman–Crippen MR) is 87.1 cm³/mol. The second-order valence-electron chi connectivity index (χ2n) is 5.09. The molecule has 2 N–H and O–H groups in total.